The molecule has 51 heavy (non-hydrogen) atoms. The number of H-pyrrole nitrogens is 2. The smallest absolute Gasteiger partial charge is 0.226 e. The molecule has 2 aromatic heterocycles. The van der Waals surface area contributed by atoms with E-state index >= 15 is 0 Å². The maximum Gasteiger partial charge on any atom is 0.226 e. The van der Waals surface area contributed by atoms with Crippen molar-refractivity contribution in [2.75, 3.05) is 0 Å². The Morgan fingerprint density at radius 3 is 2.25 bits per heavy atom. The summed E-state index contributed by atoms with van der Waals surface area (Å²) in [4.78, 5) is 47.4. The topological polar surface area (TPSA) is 107 Å². The Bertz CT molecular complexity index is 2050. The van der Waals surface area contributed by atoms with Gasteiger partial charge in [-0.05, 0) is 99.7 Å². The number of fused-ring (bicyclic) bond motifs is 6. The average molecular weight is 691 g/mol. The van der Waals surface area contributed by atoms with Crippen LogP contribution in [0.15, 0.2) is 48.7 Å². The van der Waals surface area contributed by atoms with Gasteiger partial charge < -0.3 is 24.5 Å². The fourth-order valence-electron chi connectivity index (χ4n) is 7.43. The van der Waals surface area contributed by atoms with Crippen molar-refractivity contribution in [2.45, 2.75) is 125 Å². The summed E-state index contributed by atoms with van der Waals surface area (Å²) >= 11 is 0. The molecule has 0 saturated heterocycles. The molecular formula is C42H54N6O3. The van der Waals surface area contributed by atoms with E-state index < -0.39 is 0 Å². The van der Waals surface area contributed by atoms with Crippen molar-refractivity contribution in [1.82, 2.24) is 29.7 Å². The van der Waals surface area contributed by atoms with E-state index in [2.05, 4.69) is 101 Å². The summed E-state index contributed by atoms with van der Waals surface area (Å²) < 4.78 is 6.41. The molecular weight excluding hydrogens is 637 g/mol. The third kappa shape index (κ3) is 6.75. The zero-order valence-corrected chi connectivity index (χ0v) is 31.8. The number of carbonyl (C=O) groups excluding carboxylic acids is 2. The Morgan fingerprint density at radius 2 is 1.55 bits per heavy atom. The molecule has 0 unspecified atom stereocenters. The highest BCUT2D eigenvalue weighted by Crippen LogP contribution is 2.43. The predicted molar refractivity (Wildman–Crippen MR) is 205 cm³/mol. The first-order valence-corrected chi connectivity index (χ1v) is 18.9. The van der Waals surface area contributed by atoms with Gasteiger partial charge in [0, 0.05) is 35.4 Å². The van der Waals surface area contributed by atoms with Gasteiger partial charge in [0.05, 0.1) is 35.0 Å². The van der Waals surface area contributed by atoms with E-state index in [1.165, 1.54) is 0 Å². The van der Waals surface area contributed by atoms with Crippen molar-refractivity contribution in [3.63, 3.8) is 0 Å². The standard InChI is InChI=1S/C42H54N6O3/c1-10-14-38(49)47(25(6)12-3)27(8)40-43-22-36(45-40)30-15-17-32-31(19-30)23-51-37-21-33-29(20-34(32)37)16-18-35-39(33)46-41(44-35)28(9)48(26(7)13-4)42(50)24(5)11-2/h15-22,24-28H,10-14,23H2,1-9H3,(H,43,45)(H,44,46)/t24-,25-,26-,27-,28-/m0/s1. The zero-order chi connectivity index (χ0) is 36.6. The number of nitrogens with zero attached hydrogens (tertiary/aromatic N) is 4. The van der Waals surface area contributed by atoms with Gasteiger partial charge >= 0.3 is 0 Å². The number of hydrogen-bond acceptors (Lipinski definition) is 5. The molecule has 1 aliphatic heterocycles. The van der Waals surface area contributed by atoms with Gasteiger partial charge in [-0.15, -0.1) is 0 Å². The second kappa shape index (κ2) is 14.9. The number of imidazole rings is 2. The quantitative estimate of drug-likeness (QED) is 0.128. The fraction of sp³-hybridized carbons (Fsp3) is 0.476. The minimum absolute atomic E-state index is 0.0392. The minimum atomic E-state index is -0.185. The molecule has 3 aromatic carbocycles. The van der Waals surface area contributed by atoms with Crippen LogP contribution in [0.5, 0.6) is 5.75 Å². The lowest BCUT2D eigenvalue weighted by molar-refractivity contribution is -0.140. The normalized spacial score (nSPS) is 15.4. The number of nitrogens with one attached hydrogen (secondary N) is 2. The van der Waals surface area contributed by atoms with Gasteiger partial charge in [-0.25, -0.2) is 9.97 Å². The van der Waals surface area contributed by atoms with Gasteiger partial charge in [0.1, 0.15) is 24.0 Å². The molecule has 270 valence electrons. The maximum atomic E-state index is 13.5. The van der Waals surface area contributed by atoms with Crippen LogP contribution in [-0.2, 0) is 16.2 Å². The van der Waals surface area contributed by atoms with Crippen LogP contribution >= 0.6 is 0 Å². The molecule has 6 rings (SSSR count). The van der Waals surface area contributed by atoms with E-state index in [9.17, 15) is 9.59 Å². The molecule has 0 bridgehead atoms. The van der Waals surface area contributed by atoms with Crippen LogP contribution in [0.3, 0.4) is 0 Å². The summed E-state index contributed by atoms with van der Waals surface area (Å²) in [5, 5.41) is 2.10. The largest absolute Gasteiger partial charge is 0.488 e. The summed E-state index contributed by atoms with van der Waals surface area (Å²) in [6, 6.07) is 14.9. The SMILES string of the molecule is CCCC(=O)N([C@@H](C)CC)[C@@H](C)c1ncc(-c2ccc3c(c2)COc2cc4c(ccc5[nH]c([C@H](C)N(C(=O)[C@@H](C)CC)[C@@H](C)CC)nc54)cc2-3)[nH]1. The fourth-order valence-corrected chi connectivity index (χ4v) is 7.43. The molecule has 2 N–H and O–H groups in total. The molecule has 9 nitrogen and oxygen atoms in total. The second-order valence-electron chi connectivity index (χ2n) is 14.5. The highest BCUT2D eigenvalue weighted by atomic mass is 16.5. The van der Waals surface area contributed by atoms with E-state index in [1.54, 1.807) is 0 Å². The number of benzene rings is 3. The average Bonchev–Trinajstić information content (AvgIpc) is 3.82. The highest BCUT2D eigenvalue weighted by Gasteiger charge is 2.31. The lowest BCUT2D eigenvalue weighted by Crippen LogP contribution is -2.43. The Morgan fingerprint density at radius 1 is 0.824 bits per heavy atom. The third-order valence-corrected chi connectivity index (χ3v) is 11.1. The first-order chi connectivity index (χ1) is 24.5. The van der Waals surface area contributed by atoms with Gasteiger partial charge in [0.15, 0.2) is 0 Å². The van der Waals surface area contributed by atoms with Crippen molar-refractivity contribution in [3.8, 4) is 28.1 Å². The molecule has 0 aliphatic carbocycles. The highest BCUT2D eigenvalue weighted by molar-refractivity contribution is 6.07. The van der Waals surface area contributed by atoms with Crippen LogP contribution in [0.2, 0.25) is 0 Å². The minimum Gasteiger partial charge on any atom is -0.488 e. The maximum absolute atomic E-state index is 13.5. The van der Waals surface area contributed by atoms with Gasteiger partial charge in [0.25, 0.3) is 0 Å². The molecule has 0 fully saturated rings. The molecule has 3 heterocycles. The first-order valence-electron chi connectivity index (χ1n) is 18.9. The third-order valence-electron chi connectivity index (χ3n) is 11.1. The Hall–Kier alpha value is -4.66. The molecule has 2 amide bonds. The number of carbonyl (C=O) groups is 2. The number of hydrogen-bond donors (Lipinski definition) is 2. The van der Waals surface area contributed by atoms with Gasteiger partial charge in [0.2, 0.25) is 11.8 Å². The summed E-state index contributed by atoms with van der Waals surface area (Å²) in [6.45, 7) is 19.1. The van der Waals surface area contributed by atoms with Gasteiger partial charge in [-0.3, -0.25) is 9.59 Å². The van der Waals surface area contributed by atoms with Gasteiger partial charge in [-0.2, -0.15) is 0 Å². The van der Waals surface area contributed by atoms with Crippen LogP contribution < -0.4 is 4.74 Å². The van der Waals surface area contributed by atoms with E-state index in [1.807, 2.05) is 29.8 Å². The molecule has 0 saturated carbocycles. The number of rotatable bonds is 13. The summed E-state index contributed by atoms with van der Waals surface area (Å²) in [6.07, 6.45) is 5.80. The first kappa shape index (κ1) is 36.1. The van der Waals surface area contributed by atoms with Crippen LogP contribution in [0, 0.1) is 5.92 Å². The summed E-state index contributed by atoms with van der Waals surface area (Å²) in [5.41, 5.74) is 7.08. The van der Waals surface area contributed by atoms with Crippen LogP contribution in [0.4, 0.5) is 0 Å². The lowest BCUT2D eigenvalue weighted by atomic mass is 9.92. The van der Waals surface area contributed by atoms with Crippen molar-refractivity contribution >= 4 is 33.6 Å². The van der Waals surface area contributed by atoms with Crippen molar-refractivity contribution in [3.05, 3.63) is 65.9 Å². The van der Waals surface area contributed by atoms with E-state index in [0.29, 0.717) is 13.0 Å². The Labute approximate surface area is 302 Å². The van der Waals surface area contributed by atoms with E-state index in [-0.39, 0.29) is 41.9 Å². The van der Waals surface area contributed by atoms with Gasteiger partial charge in [-0.1, -0.05) is 52.8 Å². The van der Waals surface area contributed by atoms with E-state index in [4.69, 9.17) is 14.7 Å². The number of aromatic amines is 2. The molecule has 5 atom stereocenters. The molecule has 1 aliphatic rings. The summed E-state index contributed by atoms with van der Waals surface area (Å²) in [7, 11) is 0. The van der Waals surface area contributed by atoms with Crippen molar-refractivity contribution in [2.24, 2.45) is 5.92 Å². The van der Waals surface area contributed by atoms with Crippen LogP contribution in [0.25, 0.3) is 44.2 Å². The molecule has 0 radical (unpaired) electrons. The Balaban J connectivity index is 1.30. The molecule has 5 aromatic rings. The number of amides is 2. The van der Waals surface area contributed by atoms with Crippen LogP contribution in [0.1, 0.15) is 124 Å². The van der Waals surface area contributed by atoms with Crippen molar-refractivity contribution < 1.29 is 14.3 Å². The predicted octanol–water partition coefficient (Wildman–Crippen LogP) is 9.89. The van der Waals surface area contributed by atoms with Crippen molar-refractivity contribution in [1.29, 1.82) is 0 Å². The Kier molecular flexibility index (Phi) is 10.6. The molecule has 0 spiro atoms. The number of aromatic nitrogens is 4. The van der Waals surface area contributed by atoms with E-state index in [0.717, 1.165) is 92.8 Å². The zero-order valence-electron chi connectivity index (χ0n) is 31.8. The number of ether oxygens (including phenoxy) is 1. The lowest BCUT2D eigenvalue weighted by Gasteiger charge is -2.35. The second-order valence-corrected chi connectivity index (χ2v) is 14.5. The summed E-state index contributed by atoms with van der Waals surface area (Å²) in [5.74, 6) is 2.71. The van der Waals surface area contributed by atoms with Crippen LogP contribution in [-0.4, -0.2) is 53.6 Å². The monoisotopic (exact) mass is 690 g/mol. The molecule has 9 heteroatoms.